The zero-order valence-electron chi connectivity index (χ0n) is 14.7. The van der Waals surface area contributed by atoms with Crippen molar-refractivity contribution in [3.8, 4) is 5.75 Å². The minimum atomic E-state index is -0.204. The molecule has 2 amide bonds. The number of carbonyl (C=O) groups is 2. The van der Waals surface area contributed by atoms with Crippen LogP contribution in [-0.2, 0) is 0 Å². The molecule has 5 nitrogen and oxygen atoms in total. The highest BCUT2D eigenvalue weighted by atomic mass is 16.5. The van der Waals surface area contributed by atoms with Crippen molar-refractivity contribution in [3.05, 3.63) is 59.7 Å². The second kappa shape index (κ2) is 9.47. The molecule has 0 saturated carbocycles. The number of nitrogens with one attached hydrogen (secondary N) is 2. The van der Waals surface area contributed by atoms with Crippen molar-refractivity contribution in [2.45, 2.75) is 26.7 Å². The number of rotatable bonds is 8. The second-order valence-corrected chi connectivity index (χ2v) is 5.88. The van der Waals surface area contributed by atoms with E-state index in [1.54, 1.807) is 24.3 Å². The van der Waals surface area contributed by atoms with E-state index in [1.165, 1.54) is 6.92 Å². The molecule has 132 valence electrons. The van der Waals surface area contributed by atoms with E-state index in [-0.39, 0.29) is 11.8 Å². The molecule has 0 aliphatic rings. The normalized spacial score (nSPS) is 10.2. The van der Waals surface area contributed by atoms with Gasteiger partial charge in [0, 0.05) is 17.8 Å². The van der Waals surface area contributed by atoms with E-state index in [0.717, 1.165) is 29.8 Å². The van der Waals surface area contributed by atoms with Gasteiger partial charge in [0.2, 0.25) is 0 Å². The molecule has 2 aromatic carbocycles. The molecule has 0 heterocycles. The topological polar surface area (TPSA) is 67.4 Å². The number of urea groups is 1. The van der Waals surface area contributed by atoms with Gasteiger partial charge < -0.3 is 15.4 Å². The summed E-state index contributed by atoms with van der Waals surface area (Å²) < 4.78 is 5.61. The fourth-order valence-corrected chi connectivity index (χ4v) is 2.22. The van der Waals surface area contributed by atoms with Gasteiger partial charge in [-0.05, 0) is 63.1 Å². The lowest BCUT2D eigenvalue weighted by atomic mass is 10.1. The Morgan fingerprint density at radius 3 is 2.28 bits per heavy atom. The second-order valence-electron chi connectivity index (χ2n) is 5.88. The standard InChI is InChI=1S/C20H24N2O3/c1-15-5-9-18(10-6-15)22-20(24)21-13-3-4-14-25-19-11-7-17(8-12-19)16(2)23/h5-12H,3-4,13-14H2,1-2H3,(H2,21,22,24). The molecule has 0 aliphatic carbocycles. The van der Waals surface area contributed by atoms with Gasteiger partial charge in [-0.15, -0.1) is 0 Å². The zero-order valence-corrected chi connectivity index (χ0v) is 14.7. The third kappa shape index (κ3) is 6.67. The first-order valence-corrected chi connectivity index (χ1v) is 8.40. The Kier molecular flexibility index (Phi) is 7.01. The number of hydrogen-bond donors (Lipinski definition) is 2. The van der Waals surface area contributed by atoms with Gasteiger partial charge in [0.15, 0.2) is 5.78 Å². The fourth-order valence-electron chi connectivity index (χ4n) is 2.22. The average molecular weight is 340 g/mol. The summed E-state index contributed by atoms with van der Waals surface area (Å²) in [5.74, 6) is 0.789. The van der Waals surface area contributed by atoms with Gasteiger partial charge in [0.05, 0.1) is 6.61 Å². The molecule has 5 heteroatoms. The molecule has 0 saturated heterocycles. The maximum Gasteiger partial charge on any atom is 0.319 e. The summed E-state index contributed by atoms with van der Waals surface area (Å²) in [6.07, 6.45) is 1.66. The van der Waals surface area contributed by atoms with Crippen LogP contribution in [0.4, 0.5) is 10.5 Å². The SMILES string of the molecule is CC(=O)c1ccc(OCCCCNC(=O)Nc2ccc(C)cc2)cc1. The smallest absolute Gasteiger partial charge is 0.319 e. The molecule has 0 bridgehead atoms. The quantitative estimate of drug-likeness (QED) is 0.559. The van der Waals surface area contributed by atoms with Gasteiger partial charge in [-0.3, -0.25) is 4.79 Å². The summed E-state index contributed by atoms with van der Waals surface area (Å²) in [5.41, 5.74) is 2.61. The van der Waals surface area contributed by atoms with Crippen LogP contribution in [0, 0.1) is 6.92 Å². The molecule has 25 heavy (non-hydrogen) atoms. The molecular weight excluding hydrogens is 316 g/mol. The molecule has 0 unspecified atom stereocenters. The molecule has 0 aromatic heterocycles. The average Bonchev–Trinajstić information content (AvgIpc) is 2.60. The third-order valence-electron chi connectivity index (χ3n) is 3.70. The van der Waals surface area contributed by atoms with Crippen molar-refractivity contribution in [1.82, 2.24) is 5.32 Å². The number of carbonyl (C=O) groups excluding carboxylic acids is 2. The van der Waals surface area contributed by atoms with Gasteiger partial charge in [-0.25, -0.2) is 4.79 Å². The Balaban J connectivity index is 1.57. The summed E-state index contributed by atoms with van der Waals surface area (Å²) in [5, 5.41) is 5.61. The fraction of sp³-hybridized carbons (Fsp3) is 0.300. The Morgan fingerprint density at radius 2 is 1.64 bits per heavy atom. The molecule has 2 rings (SSSR count). The van der Waals surface area contributed by atoms with Gasteiger partial charge in [0.1, 0.15) is 5.75 Å². The third-order valence-corrected chi connectivity index (χ3v) is 3.70. The predicted octanol–water partition coefficient (Wildman–Crippen LogP) is 4.18. The Labute approximate surface area is 148 Å². The maximum atomic E-state index is 11.8. The number of amides is 2. The summed E-state index contributed by atoms with van der Waals surface area (Å²) in [6, 6.07) is 14.6. The Morgan fingerprint density at radius 1 is 0.960 bits per heavy atom. The predicted molar refractivity (Wildman–Crippen MR) is 99.4 cm³/mol. The van der Waals surface area contributed by atoms with Gasteiger partial charge in [-0.1, -0.05) is 17.7 Å². The lowest BCUT2D eigenvalue weighted by molar-refractivity contribution is 0.101. The van der Waals surface area contributed by atoms with Gasteiger partial charge in [0.25, 0.3) is 0 Å². The molecule has 0 radical (unpaired) electrons. The first-order valence-electron chi connectivity index (χ1n) is 8.40. The van der Waals surface area contributed by atoms with Crippen LogP contribution in [0.3, 0.4) is 0 Å². The number of hydrogen-bond acceptors (Lipinski definition) is 3. The highest BCUT2D eigenvalue weighted by Crippen LogP contribution is 2.13. The van der Waals surface area contributed by atoms with Gasteiger partial charge in [-0.2, -0.15) is 0 Å². The van der Waals surface area contributed by atoms with Crippen molar-refractivity contribution < 1.29 is 14.3 Å². The van der Waals surface area contributed by atoms with E-state index in [2.05, 4.69) is 10.6 Å². The maximum absolute atomic E-state index is 11.8. The van der Waals surface area contributed by atoms with Crippen molar-refractivity contribution >= 4 is 17.5 Å². The summed E-state index contributed by atoms with van der Waals surface area (Å²) in [4.78, 5) is 23.0. The molecule has 0 spiro atoms. The van der Waals surface area contributed by atoms with E-state index in [0.29, 0.717) is 18.7 Å². The van der Waals surface area contributed by atoms with E-state index in [1.807, 2.05) is 31.2 Å². The zero-order chi connectivity index (χ0) is 18.1. The molecule has 0 fully saturated rings. The molecule has 2 N–H and O–H groups in total. The van der Waals surface area contributed by atoms with E-state index < -0.39 is 0 Å². The monoisotopic (exact) mass is 340 g/mol. The van der Waals surface area contributed by atoms with Crippen LogP contribution in [0.5, 0.6) is 5.75 Å². The number of ketones is 1. The summed E-state index contributed by atoms with van der Waals surface area (Å²) in [7, 11) is 0. The Hall–Kier alpha value is -2.82. The first kappa shape index (κ1) is 18.5. The van der Waals surface area contributed by atoms with E-state index in [4.69, 9.17) is 4.74 Å². The largest absolute Gasteiger partial charge is 0.494 e. The highest BCUT2D eigenvalue weighted by molar-refractivity contribution is 5.94. The van der Waals surface area contributed by atoms with Crippen LogP contribution in [0.15, 0.2) is 48.5 Å². The number of aryl methyl sites for hydroxylation is 1. The van der Waals surface area contributed by atoms with Crippen LogP contribution < -0.4 is 15.4 Å². The first-order chi connectivity index (χ1) is 12.0. The van der Waals surface area contributed by atoms with Gasteiger partial charge >= 0.3 is 6.03 Å². The number of benzene rings is 2. The number of anilines is 1. The van der Waals surface area contributed by atoms with Crippen LogP contribution in [0.1, 0.15) is 35.7 Å². The number of Topliss-reactive ketones (excluding diaryl/α,β-unsaturated/α-hetero) is 1. The van der Waals surface area contributed by atoms with Crippen molar-refractivity contribution in [2.75, 3.05) is 18.5 Å². The highest BCUT2D eigenvalue weighted by Gasteiger charge is 2.01. The summed E-state index contributed by atoms with van der Waals surface area (Å²) in [6.45, 7) is 4.70. The lowest BCUT2D eigenvalue weighted by Gasteiger charge is -2.09. The summed E-state index contributed by atoms with van der Waals surface area (Å²) >= 11 is 0. The minimum Gasteiger partial charge on any atom is -0.494 e. The molecular formula is C20H24N2O3. The number of unbranched alkanes of at least 4 members (excludes halogenated alkanes) is 1. The Bertz CT molecular complexity index is 694. The lowest BCUT2D eigenvalue weighted by Crippen LogP contribution is -2.29. The van der Waals surface area contributed by atoms with Crippen LogP contribution in [0.2, 0.25) is 0 Å². The van der Waals surface area contributed by atoms with Crippen molar-refractivity contribution in [2.24, 2.45) is 0 Å². The van der Waals surface area contributed by atoms with Crippen LogP contribution in [0.25, 0.3) is 0 Å². The minimum absolute atomic E-state index is 0.0431. The van der Waals surface area contributed by atoms with Crippen LogP contribution in [-0.4, -0.2) is 25.0 Å². The van der Waals surface area contributed by atoms with Crippen molar-refractivity contribution in [1.29, 1.82) is 0 Å². The van der Waals surface area contributed by atoms with Crippen molar-refractivity contribution in [3.63, 3.8) is 0 Å². The molecule has 0 aliphatic heterocycles. The molecule has 2 aromatic rings. The molecule has 0 atom stereocenters. The van der Waals surface area contributed by atoms with E-state index in [9.17, 15) is 9.59 Å². The van der Waals surface area contributed by atoms with Crippen LogP contribution >= 0.6 is 0 Å². The number of ether oxygens (including phenoxy) is 1. The van der Waals surface area contributed by atoms with E-state index >= 15 is 0 Å².